The molecule has 2 amide bonds. The zero-order valence-electron chi connectivity index (χ0n) is 20.9. The Balaban J connectivity index is 0.00000171. The average molecular weight is 526 g/mol. The topological polar surface area (TPSA) is 82.5 Å². The number of carbonyl (C=O) groups is 2. The van der Waals surface area contributed by atoms with Crippen LogP contribution in [0.2, 0.25) is 0 Å². The van der Waals surface area contributed by atoms with Gasteiger partial charge in [0.1, 0.15) is 0 Å². The summed E-state index contributed by atoms with van der Waals surface area (Å²) in [6, 6.07) is 6.49. The molecule has 3 fully saturated rings. The van der Waals surface area contributed by atoms with Crippen LogP contribution in [0.3, 0.4) is 0 Å². The lowest BCUT2D eigenvalue weighted by atomic mass is 9.92. The van der Waals surface area contributed by atoms with E-state index >= 15 is 0 Å². The highest BCUT2D eigenvalue weighted by atomic mass is 35.5. The van der Waals surface area contributed by atoms with Crippen LogP contribution < -0.4 is 15.5 Å². The van der Waals surface area contributed by atoms with Gasteiger partial charge in [-0.25, -0.2) is 0 Å². The van der Waals surface area contributed by atoms with E-state index in [0.29, 0.717) is 12.8 Å². The number of benzene rings is 1. The molecule has 5 rings (SSSR count). The van der Waals surface area contributed by atoms with Crippen molar-refractivity contribution in [3.05, 3.63) is 23.9 Å². The molecule has 1 atom stereocenters. The maximum atomic E-state index is 12.4. The number of hydrogen-bond donors (Lipinski definition) is 2. The number of aromatic nitrogens is 2. The molecule has 194 valence electrons. The van der Waals surface area contributed by atoms with E-state index in [1.54, 1.807) is 0 Å². The number of fused-ring (bicyclic) bond motifs is 1. The molecule has 0 aliphatic carbocycles. The number of piperidine rings is 2. The van der Waals surface area contributed by atoms with Crippen molar-refractivity contribution < 1.29 is 9.59 Å². The Labute approximate surface area is 220 Å². The molecule has 1 aromatic heterocycles. The number of carbonyl (C=O) groups excluding carboxylic acids is 2. The van der Waals surface area contributed by atoms with Gasteiger partial charge in [-0.3, -0.25) is 24.5 Å². The highest BCUT2D eigenvalue weighted by Crippen LogP contribution is 2.35. The van der Waals surface area contributed by atoms with Crippen LogP contribution in [0.25, 0.3) is 10.9 Å². The number of rotatable bonds is 4. The maximum absolute atomic E-state index is 12.4. The summed E-state index contributed by atoms with van der Waals surface area (Å²) in [4.78, 5) is 29.2. The highest BCUT2D eigenvalue weighted by Gasteiger charge is 2.36. The van der Waals surface area contributed by atoms with Crippen LogP contribution in [0.4, 0.5) is 5.69 Å². The molecule has 0 spiro atoms. The van der Waals surface area contributed by atoms with Crippen LogP contribution in [0.5, 0.6) is 0 Å². The molecule has 3 aliphatic heterocycles. The lowest BCUT2D eigenvalue weighted by molar-refractivity contribution is -0.134. The third kappa shape index (κ3) is 5.61. The highest BCUT2D eigenvalue weighted by molar-refractivity contribution is 6.02. The molecule has 3 aliphatic rings. The molecule has 0 radical (unpaired) electrons. The molecule has 10 heteroatoms. The first-order valence-corrected chi connectivity index (χ1v) is 12.3. The molecule has 1 aromatic carbocycles. The number of imide groups is 1. The molecule has 2 N–H and O–H groups in total. The second-order valence-electron chi connectivity index (χ2n) is 10.6. The first-order chi connectivity index (χ1) is 15.8. The van der Waals surface area contributed by atoms with Gasteiger partial charge in [0.25, 0.3) is 0 Å². The largest absolute Gasteiger partial charge is 0.364 e. The minimum absolute atomic E-state index is 0. The summed E-state index contributed by atoms with van der Waals surface area (Å²) in [7, 11) is 1.93. The predicted octanol–water partition coefficient (Wildman–Crippen LogP) is 2.84. The fourth-order valence-corrected chi connectivity index (χ4v) is 5.97. The van der Waals surface area contributed by atoms with Crippen LogP contribution in [-0.2, 0) is 16.6 Å². The Kier molecular flexibility index (Phi) is 8.73. The van der Waals surface area contributed by atoms with E-state index in [9.17, 15) is 9.59 Å². The van der Waals surface area contributed by atoms with Crippen molar-refractivity contribution in [2.24, 2.45) is 13.0 Å². The fourth-order valence-electron chi connectivity index (χ4n) is 5.97. The summed E-state index contributed by atoms with van der Waals surface area (Å²) in [5.41, 5.74) is 3.03. The van der Waals surface area contributed by atoms with Crippen molar-refractivity contribution in [1.82, 2.24) is 25.3 Å². The number of hydrogen-bond acceptors (Lipinski definition) is 6. The second-order valence-corrected chi connectivity index (χ2v) is 10.6. The SMILES string of the molecule is Cl.Cl.Cn1nc(C2CCC(=O)NC2=O)c2ccc(N3CCN(CC4CCNCC4)CC3(C)C)cc21. The Hall–Kier alpha value is -1.87. The number of nitrogens with one attached hydrogen (secondary N) is 2. The van der Waals surface area contributed by atoms with Crippen molar-refractivity contribution >= 4 is 53.2 Å². The van der Waals surface area contributed by atoms with E-state index in [1.807, 2.05) is 11.7 Å². The lowest BCUT2D eigenvalue weighted by Gasteiger charge is -2.49. The Morgan fingerprint density at radius 3 is 2.51 bits per heavy atom. The Morgan fingerprint density at radius 2 is 1.83 bits per heavy atom. The summed E-state index contributed by atoms with van der Waals surface area (Å²) in [6.45, 7) is 11.3. The van der Waals surface area contributed by atoms with Gasteiger partial charge in [0.2, 0.25) is 11.8 Å². The Bertz CT molecular complexity index is 1070. The standard InChI is InChI=1S/C25H36N6O2.2ClH/c1-25(2)16-30(15-17-8-10-26-11-9-17)12-13-31(25)18-4-5-19-21(14-18)29(3)28-23(19)20-6-7-22(32)27-24(20)33;;/h4-5,14,17,20,26H,6-13,15-16H2,1-3H3,(H,27,32,33);2*1H. The van der Waals surface area contributed by atoms with E-state index in [-0.39, 0.29) is 48.1 Å². The van der Waals surface area contributed by atoms with Crippen molar-refractivity contribution in [2.75, 3.05) is 44.2 Å². The maximum Gasteiger partial charge on any atom is 0.235 e. The van der Waals surface area contributed by atoms with E-state index in [2.05, 4.69) is 52.5 Å². The lowest BCUT2D eigenvalue weighted by Crippen LogP contribution is -2.60. The van der Waals surface area contributed by atoms with Gasteiger partial charge in [-0.2, -0.15) is 5.10 Å². The van der Waals surface area contributed by atoms with Gasteiger partial charge in [-0.1, -0.05) is 0 Å². The molecule has 3 saturated heterocycles. The number of anilines is 1. The minimum Gasteiger partial charge on any atom is -0.364 e. The number of nitrogens with zero attached hydrogens (tertiary/aromatic N) is 4. The monoisotopic (exact) mass is 524 g/mol. The molecule has 4 heterocycles. The summed E-state index contributed by atoms with van der Waals surface area (Å²) in [5.74, 6) is 0.0129. The third-order valence-electron chi connectivity index (χ3n) is 7.70. The first-order valence-electron chi connectivity index (χ1n) is 12.3. The fraction of sp³-hybridized carbons (Fsp3) is 0.640. The third-order valence-corrected chi connectivity index (χ3v) is 7.70. The van der Waals surface area contributed by atoms with Crippen molar-refractivity contribution in [3.63, 3.8) is 0 Å². The van der Waals surface area contributed by atoms with Gasteiger partial charge in [-0.15, -0.1) is 24.8 Å². The van der Waals surface area contributed by atoms with Crippen molar-refractivity contribution in [3.8, 4) is 0 Å². The first kappa shape index (κ1) is 27.7. The molecule has 8 nitrogen and oxygen atoms in total. The van der Waals surface area contributed by atoms with Crippen LogP contribution in [0.1, 0.15) is 51.1 Å². The summed E-state index contributed by atoms with van der Waals surface area (Å²) in [6.07, 6.45) is 3.45. The van der Waals surface area contributed by atoms with Gasteiger partial charge >= 0.3 is 0 Å². The van der Waals surface area contributed by atoms with Gasteiger partial charge in [-0.05, 0) is 70.3 Å². The van der Waals surface area contributed by atoms with Crippen LogP contribution in [-0.4, -0.2) is 71.3 Å². The minimum atomic E-state index is -0.368. The van der Waals surface area contributed by atoms with Crippen LogP contribution >= 0.6 is 24.8 Å². The number of aryl methyl sites for hydroxylation is 1. The van der Waals surface area contributed by atoms with E-state index in [4.69, 9.17) is 5.10 Å². The molecule has 35 heavy (non-hydrogen) atoms. The zero-order valence-corrected chi connectivity index (χ0v) is 22.5. The van der Waals surface area contributed by atoms with E-state index < -0.39 is 0 Å². The van der Waals surface area contributed by atoms with Gasteiger partial charge in [0, 0.05) is 56.3 Å². The van der Waals surface area contributed by atoms with Gasteiger partial charge < -0.3 is 10.2 Å². The van der Waals surface area contributed by atoms with E-state index in [1.165, 1.54) is 25.1 Å². The summed E-state index contributed by atoms with van der Waals surface area (Å²) >= 11 is 0. The number of piperazine rings is 1. The van der Waals surface area contributed by atoms with E-state index in [0.717, 1.165) is 55.2 Å². The molecular weight excluding hydrogens is 487 g/mol. The molecule has 0 saturated carbocycles. The zero-order chi connectivity index (χ0) is 23.2. The number of halogens is 2. The number of amides is 2. The normalized spacial score (nSPS) is 23.5. The second kappa shape index (κ2) is 11.0. The molecule has 2 aromatic rings. The summed E-state index contributed by atoms with van der Waals surface area (Å²) in [5, 5.41) is 11.6. The van der Waals surface area contributed by atoms with Crippen LogP contribution in [0, 0.1) is 5.92 Å². The van der Waals surface area contributed by atoms with Gasteiger partial charge in [0.05, 0.1) is 17.1 Å². The van der Waals surface area contributed by atoms with Crippen LogP contribution in [0.15, 0.2) is 18.2 Å². The Morgan fingerprint density at radius 1 is 1.09 bits per heavy atom. The molecular formula is C25H38Cl2N6O2. The molecule has 1 unspecified atom stereocenters. The molecule has 0 bridgehead atoms. The predicted molar refractivity (Wildman–Crippen MR) is 144 cm³/mol. The van der Waals surface area contributed by atoms with Gasteiger partial charge in [0.15, 0.2) is 0 Å². The van der Waals surface area contributed by atoms with Crippen molar-refractivity contribution in [1.29, 1.82) is 0 Å². The van der Waals surface area contributed by atoms with Crippen molar-refractivity contribution in [2.45, 2.75) is 51.0 Å². The average Bonchev–Trinajstić information content (AvgIpc) is 3.09. The smallest absolute Gasteiger partial charge is 0.235 e. The summed E-state index contributed by atoms with van der Waals surface area (Å²) < 4.78 is 1.87. The quantitative estimate of drug-likeness (QED) is 0.598.